The zero-order valence-corrected chi connectivity index (χ0v) is 3.86. The van der Waals surface area contributed by atoms with Crippen molar-refractivity contribution < 1.29 is 4.84 Å². The van der Waals surface area contributed by atoms with E-state index in [1.165, 1.54) is 0 Å². The van der Waals surface area contributed by atoms with Gasteiger partial charge in [0.1, 0.15) is 0 Å². The molecular weight excluding hydrogens is 100 g/mol. The molecule has 0 aliphatic rings. The molecule has 0 bridgehead atoms. The van der Waals surface area contributed by atoms with E-state index in [9.17, 15) is 0 Å². The van der Waals surface area contributed by atoms with Crippen LogP contribution in [-0.2, 0) is 4.84 Å². The van der Waals surface area contributed by atoms with E-state index in [0.717, 1.165) is 0 Å². The second-order valence-electron chi connectivity index (χ2n) is 0.539. The molecule has 4 heteroatoms. The van der Waals surface area contributed by atoms with Crippen LogP contribution in [0.1, 0.15) is 0 Å². The molecular formula is C2H4N2OS. The van der Waals surface area contributed by atoms with Crippen molar-refractivity contribution in [2.45, 2.75) is 0 Å². The topological polar surface area (TPSA) is 47.6 Å². The molecule has 0 amide bonds. The molecule has 0 heterocycles. The summed E-state index contributed by atoms with van der Waals surface area (Å²) in [6.07, 6.45) is 0. The van der Waals surface area contributed by atoms with Crippen LogP contribution in [0.3, 0.4) is 0 Å². The van der Waals surface area contributed by atoms with E-state index in [0.29, 0.717) is 0 Å². The number of nitrogens with two attached hydrogens (primary N) is 1. The van der Waals surface area contributed by atoms with Crippen molar-refractivity contribution in [2.75, 3.05) is 0 Å². The molecule has 0 aliphatic heterocycles. The minimum atomic E-state index is -0.106. The largest absolute Gasteiger partial charge is 0.358 e. The summed E-state index contributed by atoms with van der Waals surface area (Å²) in [6, 6.07) is 0. The van der Waals surface area contributed by atoms with E-state index < -0.39 is 0 Å². The lowest BCUT2D eigenvalue weighted by molar-refractivity contribution is 0.337. The van der Waals surface area contributed by atoms with Crippen molar-refractivity contribution in [2.24, 2.45) is 10.9 Å². The molecule has 0 unspecified atom stereocenters. The highest BCUT2D eigenvalue weighted by atomic mass is 32.1. The van der Waals surface area contributed by atoms with Crippen molar-refractivity contribution >= 4 is 24.1 Å². The lowest BCUT2D eigenvalue weighted by atomic mass is 11.4. The maximum Gasteiger partial charge on any atom is 0.286 e. The second kappa shape index (κ2) is 2.59. The molecule has 0 saturated heterocycles. The first-order valence-electron chi connectivity index (χ1n) is 1.20. The highest BCUT2D eigenvalue weighted by molar-refractivity contribution is 7.79. The first kappa shape index (κ1) is 5.36. The van der Waals surface area contributed by atoms with E-state index >= 15 is 0 Å². The molecule has 34 valence electrons. The Balaban J connectivity index is 3.05. The quantitative estimate of drug-likeness (QED) is 0.286. The van der Waals surface area contributed by atoms with E-state index in [1.54, 1.807) is 0 Å². The van der Waals surface area contributed by atoms with Crippen molar-refractivity contribution in [3.8, 4) is 0 Å². The average Bonchev–Trinajstić information content (AvgIpc) is 1.35. The van der Waals surface area contributed by atoms with E-state index in [1.807, 2.05) is 0 Å². The Hall–Kier alpha value is -0.640. The number of oxime groups is 1. The summed E-state index contributed by atoms with van der Waals surface area (Å²) in [4.78, 5) is 4.06. The predicted molar refractivity (Wildman–Crippen MR) is 27.4 cm³/mol. The van der Waals surface area contributed by atoms with Gasteiger partial charge in [0.2, 0.25) is 0 Å². The Morgan fingerprint density at radius 3 is 2.50 bits per heavy atom. The van der Waals surface area contributed by atoms with Crippen LogP contribution in [0.4, 0.5) is 0 Å². The Labute approximate surface area is 40.8 Å². The summed E-state index contributed by atoms with van der Waals surface area (Å²) in [7, 11) is 0. The van der Waals surface area contributed by atoms with Gasteiger partial charge in [0, 0.05) is 6.72 Å². The molecule has 0 saturated carbocycles. The predicted octanol–water partition coefficient (Wildman–Crippen LogP) is -0.138. The summed E-state index contributed by atoms with van der Waals surface area (Å²) >= 11 is 4.22. The smallest absolute Gasteiger partial charge is 0.286 e. The SMILES string of the molecule is C=NOC(N)=S. The van der Waals surface area contributed by atoms with Gasteiger partial charge in [-0.1, -0.05) is 5.16 Å². The Morgan fingerprint density at radius 1 is 2.00 bits per heavy atom. The Kier molecular flexibility index (Phi) is 2.31. The number of thiocarbonyl (C=S) groups is 1. The minimum absolute atomic E-state index is 0.106. The zero-order valence-electron chi connectivity index (χ0n) is 3.05. The fourth-order valence-electron chi connectivity index (χ4n) is 0.0636. The third kappa shape index (κ3) is 3.36. The first-order valence-corrected chi connectivity index (χ1v) is 1.60. The summed E-state index contributed by atoms with van der Waals surface area (Å²) in [5.74, 6) is 0. The van der Waals surface area contributed by atoms with Crippen molar-refractivity contribution in [3.05, 3.63) is 0 Å². The van der Waals surface area contributed by atoms with E-state index in [-0.39, 0.29) is 5.17 Å². The van der Waals surface area contributed by atoms with Crippen LogP contribution in [0, 0.1) is 0 Å². The van der Waals surface area contributed by atoms with Gasteiger partial charge >= 0.3 is 0 Å². The van der Waals surface area contributed by atoms with Gasteiger partial charge in [0.25, 0.3) is 5.17 Å². The fraction of sp³-hybridized carbons (Fsp3) is 0. The third-order valence-electron chi connectivity index (χ3n) is 0.155. The normalized spacial score (nSPS) is 6.67. The molecule has 0 radical (unpaired) electrons. The molecule has 0 spiro atoms. The van der Waals surface area contributed by atoms with Crippen LogP contribution in [-0.4, -0.2) is 11.9 Å². The number of hydrogen-bond acceptors (Lipinski definition) is 3. The Morgan fingerprint density at radius 2 is 2.50 bits per heavy atom. The van der Waals surface area contributed by atoms with Gasteiger partial charge < -0.3 is 10.6 Å². The molecule has 0 aromatic carbocycles. The second-order valence-corrected chi connectivity index (χ2v) is 0.942. The van der Waals surface area contributed by atoms with Crippen LogP contribution < -0.4 is 5.73 Å². The zero-order chi connectivity index (χ0) is 4.99. The first-order chi connectivity index (χ1) is 2.77. The molecule has 6 heavy (non-hydrogen) atoms. The molecule has 0 aromatic rings. The molecule has 3 nitrogen and oxygen atoms in total. The maximum atomic E-state index is 4.78. The molecule has 0 rings (SSSR count). The van der Waals surface area contributed by atoms with Gasteiger partial charge in [0.15, 0.2) is 0 Å². The molecule has 2 N–H and O–H groups in total. The fourth-order valence-corrected chi connectivity index (χ4v) is 0.116. The summed E-state index contributed by atoms with van der Waals surface area (Å²) < 4.78 is 0. The minimum Gasteiger partial charge on any atom is -0.358 e. The van der Waals surface area contributed by atoms with Crippen molar-refractivity contribution in [1.82, 2.24) is 0 Å². The van der Waals surface area contributed by atoms with Gasteiger partial charge in [0.05, 0.1) is 0 Å². The van der Waals surface area contributed by atoms with E-state index in [2.05, 4.69) is 28.9 Å². The third-order valence-corrected chi connectivity index (χ3v) is 0.229. The van der Waals surface area contributed by atoms with Crippen molar-refractivity contribution in [1.29, 1.82) is 0 Å². The number of hydrogen-bond donors (Lipinski definition) is 1. The van der Waals surface area contributed by atoms with Crippen LogP contribution in [0.5, 0.6) is 0 Å². The van der Waals surface area contributed by atoms with Crippen LogP contribution in [0.25, 0.3) is 0 Å². The number of rotatable bonds is 1. The maximum absolute atomic E-state index is 4.78. The lowest BCUT2D eigenvalue weighted by Gasteiger charge is -1.84. The summed E-state index contributed by atoms with van der Waals surface area (Å²) in [5.41, 5.74) is 4.78. The highest BCUT2D eigenvalue weighted by Crippen LogP contribution is 1.67. The van der Waals surface area contributed by atoms with E-state index in [4.69, 9.17) is 5.73 Å². The van der Waals surface area contributed by atoms with Gasteiger partial charge in [-0.15, -0.1) is 0 Å². The lowest BCUT2D eigenvalue weighted by Crippen LogP contribution is -2.07. The molecule has 0 aliphatic carbocycles. The van der Waals surface area contributed by atoms with Gasteiger partial charge in [-0.05, 0) is 12.2 Å². The van der Waals surface area contributed by atoms with Crippen LogP contribution in [0.15, 0.2) is 5.16 Å². The number of nitrogens with zero attached hydrogens (tertiary/aromatic N) is 1. The Bertz CT molecular complexity index is 71.9. The van der Waals surface area contributed by atoms with Gasteiger partial charge in [-0.2, -0.15) is 0 Å². The van der Waals surface area contributed by atoms with Crippen LogP contribution >= 0.6 is 12.2 Å². The van der Waals surface area contributed by atoms with Gasteiger partial charge in [-0.3, -0.25) is 0 Å². The van der Waals surface area contributed by atoms with Crippen LogP contribution in [0.2, 0.25) is 0 Å². The standard InChI is InChI=1S/C2H4N2OS/c1-4-5-2(3)6/h1H2,(H2,3,6). The molecule has 0 aromatic heterocycles. The van der Waals surface area contributed by atoms with Crippen molar-refractivity contribution in [3.63, 3.8) is 0 Å². The monoisotopic (exact) mass is 104 g/mol. The molecule has 0 fully saturated rings. The highest BCUT2D eigenvalue weighted by Gasteiger charge is 1.75. The summed E-state index contributed by atoms with van der Waals surface area (Å²) in [5, 5.41) is 2.81. The van der Waals surface area contributed by atoms with Gasteiger partial charge in [-0.25, -0.2) is 0 Å². The average molecular weight is 104 g/mol. The summed E-state index contributed by atoms with van der Waals surface area (Å²) in [6.45, 7) is 2.96. The molecule has 0 atom stereocenters.